The molecular weight excluding hydrogens is 296 g/mol. The molecule has 0 saturated carbocycles. The van der Waals surface area contributed by atoms with Crippen molar-refractivity contribution in [2.24, 2.45) is 0 Å². The summed E-state index contributed by atoms with van der Waals surface area (Å²) >= 11 is 0. The van der Waals surface area contributed by atoms with Crippen molar-refractivity contribution in [2.45, 2.75) is 38.1 Å². The number of hydrogen-bond donors (Lipinski definition) is 2. The maximum Gasteiger partial charge on any atom is 0.387 e. The molecule has 0 radical (unpaired) electrons. The number of β-amino-alcohol motifs (C(OH)–C–C–N with tert-alkyl or cyclic N) is 1. The third-order valence-electron chi connectivity index (χ3n) is 4.05. The van der Waals surface area contributed by atoms with Crippen LogP contribution in [0, 0.1) is 0 Å². The van der Waals surface area contributed by atoms with Crippen LogP contribution in [-0.4, -0.2) is 52.4 Å². The van der Waals surface area contributed by atoms with Gasteiger partial charge in [0.25, 0.3) is 5.91 Å². The quantitative estimate of drug-likeness (QED) is 0.886. The number of alkyl halides is 2. The summed E-state index contributed by atoms with van der Waals surface area (Å²) in [6, 6.07) is 5.38. The van der Waals surface area contributed by atoms with Gasteiger partial charge in [0, 0.05) is 18.7 Å². The molecule has 1 saturated heterocycles. The Kier molecular flexibility index (Phi) is 4.97. The predicted octanol–water partition coefficient (Wildman–Crippen LogP) is 1.64. The minimum atomic E-state index is -2.91. The van der Waals surface area contributed by atoms with Gasteiger partial charge in [0.1, 0.15) is 11.9 Å². The molecule has 1 aliphatic heterocycles. The van der Waals surface area contributed by atoms with Gasteiger partial charge in [-0.3, -0.25) is 4.79 Å². The number of ether oxygens (including phenoxy) is 1. The first-order valence-electron chi connectivity index (χ1n) is 7.10. The molecule has 0 unspecified atom stereocenters. The van der Waals surface area contributed by atoms with E-state index >= 15 is 0 Å². The molecule has 2 rings (SSSR count). The van der Waals surface area contributed by atoms with Crippen molar-refractivity contribution >= 4 is 5.91 Å². The number of nitrogens with zero attached hydrogens (tertiary/aromatic N) is 1. The van der Waals surface area contributed by atoms with Crippen molar-refractivity contribution in [2.75, 3.05) is 13.1 Å². The van der Waals surface area contributed by atoms with E-state index in [1.165, 1.54) is 29.2 Å². The molecule has 1 aromatic carbocycles. The average Bonchev–Trinajstić information content (AvgIpc) is 2.49. The lowest BCUT2D eigenvalue weighted by Crippen LogP contribution is -2.56. The van der Waals surface area contributed by atoms with Crippen LogP contribution in [0.25, 0.3) is 0 Å². The lowest BCUT2D eigenvalue weighted by Gasteiger charge is -2.41. The highest BCUT2D eigenvalue weighted by molar-refractivity contribution is 5.94. The standard InChI is InChI=1S/C15H19F2NO4/c1-2-15(21)7-8-18(9-12(15)19)13(20)10-3-5-11(6-4-10)22-14(16)17/h3-6,12,14,19,21H,2,7-9H2,1H3/t12-,15-/m1/s1. The first kappa shape index (κ1) is 16.6. The Morgan fingerprint density at radius 3 is 2.59 bits per heavy atom. The Labute approximate surface area is 127 Å². The normalized spacial score (nSPS) is 25.4. The lowest BCUT2D eigenvalue weighted by molar-refractivity contribution is -0.114. The van der Waals surface area contributed by atoms with Gasteiger partial charge in [0.05, 0.1) is 5.60 Å². The summed E-state index contributed by atoms with van der Waals surface area (Å²) in [5.74, 6) is -0.341. The number of amides is 1. The molecule has 5 nitrogen and oxygen atoms in total. The summed E-state index contributed by atoms with van der Waals surface area (Å²) in [6.45, 7) is -0.762. The largest absolute Gasteiger partial charge is 0.435 e. The molecule has 0 aromatic heterocycles. The first-order chi connectivity index (χ1) is 10.4. The SMILES string of the molecule is CC[C@@]1(O)CCN(C(=O)c2ccc(OC(F)F)cc2)C[C@H]1O. The minimum absolute atomic E-state index is 0.0226. The van der Waals surface area contributed by atoms with Crippen molar-refractivity contribution in [3.05, 3.63) is 29.8 Å². The molecule has 0 spiro atoms. The summed E-state index contributed by atoms with van der Waals surface area (Å²) in [5, 5.41) is 20.2. The zero-order valence-electron chi connectivity index (χ0n) is 12.2. The van der Waals surface area contributed by atoms with Crippen LogP contribution in [0.15, 0.2) is 24.3 Å². The monoisotopic (exact) mass is 315 g/mol. The smallest absolute Gasteiger partial charge is 0.387 e. The van der Waals surface area contributed by atoms with E-state index in [-0.39, 0.29) is 18.2 Å². The van der Waals surface area contributed by atoms with Crippen molar-refractivity contribution in [1.29, 1.82) is 0 Å². The molecule has 1 heterocycles. The highest BCUT2D eigenvalue weighted by atomic mass is 19.3. The van der Waals surface area contributed by atoms with E-state index in [4.69, 9.17) is 0 Å². The van der Waals surface area contributed by atoms with Gasteiger partial charge in [-0.15, -0.1) is 0 Å². The number of likely N-dealkylation sites (tertiary alicyclic amines) is 1. The molecule has 0 bridgehead atoms. The topological polar surface area (TPSA) is 70.0 Å². The Hall–Kier alpha value is -1.73. The van der Waals surface area contributed by atoms with Crippen molar-refractivity contribution < 1.29 is 28.5 Å². The number of hydrogen-bond acceptors (Lipinski definition) is 4. The van der Waals surface area contributed by atoms with Crippen LogP contribution in [0.4, 0.5) is 8.78 Å². The fourth-order valence-corrected chi connectivity index (χ4v) is 2.52. The Morgan fingerprint density at radius 1 is 1.45 bits per heavy atom. The van der Waals surface area contributed by atoms with E-state index in [0.717, 1.165) is 0 Å². The summed E-state index contributed by atoms with van der Waals surface area (Å²) in [5.41, 5.74) is -0.845. The molecule has 1 aliphatic rings. The van der Waals surface area contributed by atoms with Crippen molar-refractivity contribution in [3.8, 4) is 5.75 Å². The molecular formula is C15H19F2NO4. The summed E-state index contributed by atoms with van der Waals surface area (Å²) < 4.78 is 28.4. The highest BCUT2D eigenvalue weighted by Gasteiger charge is 2.40. The molecule has 1 fully saturated rings. The summed E-state index contributed by atoms with van der Waals surface area (Å²) in [6.07, 6.45) is -0.296. The van der Waals surface area contributed by atoms with Gasteiger partial charge in [-0.25, -0.2) is 0 Å². The number of halogens is 2. The zero-order valence-corrected chi connectivity index (χ0v) is 12.2. The Balaban J connectivity index is 2.03. The predicted molar refractivity (Wildman–Crippen MR) is 74.8 cm³/mol. The molecule has 0 aliphatic carbocycles. The maximum absolute atomic E-state index is 12.3. The van der Waals surface area contributed by atoms with Crippen LogP contribution < -0.4 is 4.74 Å². The van der Waals surface area contributed by atoms with E-state index in [1.807, 2.05) is 0 Å². The van der Waals surface area contributed by atoms with Gasteiger partial charge in [0.2, 0.25) is 0 Å². The van der Waals surface area contributed by atoms with E-state index in [2.05, 4.69) is 4.74 Å². The zero-order chi connectivity index (χ0) is 16.3. The van der Waals surface area contributed by atoms with E-state index in [1.54, 1.807) is 6.92 Å². The van der Waals surface area contributed by atoms with E-state index in [0.29, 0.717) is 24.9 Å². The van der Waals surface area contributed by atoms with Crippen LogP contribution in [0.1, 0.15) is 30.1 Å². The van der Waals surface area contributed by atoms with Gasteiger partial charge < -0.3 is 19.8 Å². The minimum Gasteiger partial charge on any atom is -0.435 e. The van der Waals surface area contributed by atoms with Gasteiger partial charge in [-0.05, 0) is 37.1 Å². The molecule has 1 aromatic rings. The molecule has 22 heavy (non-hydrogen) atoms. The second-order valence-corrected chi connectivity index (χ2v) is 5.38. The summed E-state index contributed by atoms with van der Waals surface area (Å²) in [7, 11) is 0. The molecule has 2 N–H and O–H groups in total. The van der Waals surface area contributed by atoms with Crippen LogP contribution in [0.2, 0.25) is 0 Å². The van der Waals surface area contributed by atoms with Crippen LogP contribution in [0.5, 0.6) is 5.75 Å². The van der Waals surface area contributed by atoms with Crippen LogP contribution >= 0.6 is 0 Å². The number of aliphatic hydroxyl groups excluding tert-OH is 1. The van der Waals surface area contributed by atoms with Gasteiger partial charge in [-0.1, -0.05) is 6.92 Å². The number of aliphatic hydroxyl groups is 2. The third kappa shape index (κ3) is 3.53. The first-order valence-corrected chi connectivity index (χ1v) is 7.10. The molecule has 1 amide bonds. The maximum atomic E-state index is 12.3. The number of carbonyl (C=O) groups excluding carboxylic acids is 1. The molecule has 7 heteroatoms. The third-order valence-corrected chi connectivity index (χ3v) is 4.05. The lowest BCUT2D eigenvalue weighted by atomic mass is 9.86. The van der Waals surface area contributed by atoms with Gasteiger partial charge in [0.15, 0.2) is 0 Å². The summed E-state index contributed by atoms with van der Waals surface area (Å²) in [4.78, 5) is 13.8. The fourth-order valence-electron chi connectivity index (χ4n) is 2.52. The van der Waals surface area contributed by atoms with E-state index in [9.17, 15) is 23.8 Å². The van der Waals surface area contributed by atoms with E-state index < -0.39 is 18.3 Å². The molecule has 122 valence electrons. The Morgan fingerprint density at radius 2 is 2.09 bits per heavy atom. The molecule has 2 atom stereocenters. The second-order valence-electron chi connectivity index (χ2n) is 5.38. The average molecular weight is 315 g/mol. The number of carbonyl (C=O) groups is 1. The van der Waals surface area contributed by atoms with Gasteiger partial charge >= 0.3 is 6.61 Å². The van der Waals surface area contributed by atoms with Crippen LogP contribution in [0.3, 0.4) is 0 Å². The number of benzene rings is 1. The highest BCUT2D eigenvalue weighted by Crippen LogP contribution is 2.27. The Bertz CT molecular complexity index is 523. The van der Waals surface area contributed by atoms with Crippen molar-refractivity contribution in [1.82, 2.24) is 4.90 Å². The number of rotatable bonds is 4. The fraction of sp³-hybridized carbons (Fsp3) is 0.533. The van der Waals surface area contributed by atoms with Crippen molar-refractivity contribution in [3.63, 3.8) is 0 Å². The second kappa shape index (κ2) is 6.58. The van der Waals surface area contributed by atoms with Gasteiger partial charge in [-0.2, -0.15) is 8.78 Å². The number of piperidine rings is 1. The van der Waals surface area contributed by atoms with Crippen LogP contribution in [-0.2, 0) is 0 Å².